The van der Waals surface area contributed by atoms with Crippen LogP contribution in [0.2, 0.25) is 0 Å². The van der Waals surface area contributed by atoms with Crippen LogP contribution in [-0.4, -0.2) is 23.5 Å². The van der Waals surface area contributed by atoms with E-state index in [2.05, 4.69) is 5.32 Å². The van der Waals surface area contributed by atoms with E-state index in [1.165, 1.54) is 11.3 Å². The quantitative estimate of drug-likeness (QED) is 0.770. The number of nitrogens with one attached hydrogen (secondary N) is 1. The third kappa shape index (κ3) is 4.00. The second-order valence-electron chi connectivity index (χ2n) is 4.78. The van der Waals surface area contributed by atoms with Crippen LogP contribution in [-0.2, 0) is 0 Å². The van der Waals surface area contributed by atoms with E-state index in [0.29, 0.717) is 13.0 Å². The van der Waals surface area contributed by atoms with Gasteiger partial charge in [-0.1, -0.05) is 30.3 Å². The summed E-state index contributed by atoms with van der Waals surface area (Å²) in [6, 6.07) is 11.3. The highest BCUT2D eigenvalue weighted by atomic mass is 32.1. The zero-order valence-corrected chi connectivity index (χ0v) is 12.3. The molecule has 2 rings (SSSR count). The van der Waals surface area contributed by atoms with Gasteiger partial charge in [-0.15, -0.1) is 0 Å². The molecule has 1 aromatic heterocycles. The molecule has 1 heterocycles. The molecule has 2 aromatic rings. The van der Waals surface area contributed by atoms with Crippen molar-refractivity contribution in [2.45, 2.75) is 25.5 Å². The first-order chi connectivity index (χ1) is 9.68. The van der Waals surface area contributed by atoms with Crippen LogP contribution in [0.15, 0.2) is 47.2 Å². The van der Waals surface area contributed by atoms with Crippen LogP contribution < -0.4 is 5.32 Å². The highest BCUT2D eigenvalue weighted by molar-refractivity contribution is 7.08. The first kappa shape index (κ1) is 14.9. The monoisotopic (exact) mass is 289 g/mol. The van der Waals surface area contributed by atoms with Gasteiger partial charge < -0.3 is 10.4 Å². The molecule has 0 fully saturated rings. The summed E-state index contributed by atoms with van der Waals surface area (Å²) in [6.45, 7) is 2.49. The van der Waals surface area contributed by atoms with Crippen molar-refractivity contribution in [3.8, 4) is 0 Å². The van der Waals surface area contributed by atoms with Gasteiger partial charge in [-0.3, -0.25) is 4.79 Å². The number of ketones is 1. The van der Waals surface area contributed by atoms with Gasteiger partial charge in [0.05, 0.1) is 6.10 Å². The summed E-state index contributed by atoms with van der Waals surface area (Å²) < 4.78 is 0. The number of rotatable bonds is 7. The van der Waals surface area contributed by atoms with Crippen molar-refractivity contribution in [3.05, 3.63) is 58.3 Å². The van der Waals surface area contributed by atoms with Crippen LogP contribution in [0.3, 0.4) is 0 Å². The van der Waals surface area contributed by atoms with Crippen LogP contribution in [0.5, 0.6) is 0 Å². The maximum atomic E-state index is 11.8. The number of carbonyl (C=O) groups is 1. The summed E-state index contributed by atoms with van der Waals surface area (Å²) in [7, 11) is 0. The summed E-state index contributed by atoms with van der Waals surface area (Å²) in [4.78, 5) is 11.8. The van der Waals surface area contributed by atoms with E-state index in [1.54, 1.807) is 0 Å². The Morgan fingerprint density at radius 1 is 1.30 bits per heavy atom. The van der Waals surface area contributed by atoms with E-state index in [4.69, 9.17) is 0 Å². The number of carbonyl (C=O) groups excluding carboxylic acids is 1. The molecule has 0 saturated heterocycles. The van der Waals surface area contributed by atoms with Gasteiger partial charge in [0.25, 0.3) is 0 Å². The molecule has 0 aliphatic carbocycles. The first-order valence-electron chi connectivity index (χ1n) is 6.70. The van der Waals surface area contributed by atoms with Gasteiger partial charge >= 0.3 is 0 Å². The van der Waals surface area contributed by atoms with E-state index < -0.39 is 6.10 Å². The fraction of sp³-hybridized carbons (Fsp3) is 0.312. The molecule has 2 atom stereocenters. The van der Waals surface area contributed by atoms with E-state index in [-0.39, 0.29) is 11.8 Å². The second-order valence-corrected chi connectivity index (χ2v) is 5.56. The predicted molar refractivity (Wildman–Crippen MR) is 82.1 cm³/mol. The molecular formula is C16H19NO2S. The Labute approximate surface area is 123 Å². The lowest BCUT2D eigenvalue weighted by Gasteiger charge is -2.20. The smallest absolute Gasteiger partial charge is 0.164 e. The van der Waals surface area contributed by atoms with Gasteiger partial charge in [0.2, 0.25) is 0 Å². The standard InChI is InChI=1S/C16H19NO2S/c1-12(16(19)13-5-3-2-4-6-13)17-9-7-15(18)14-8-10-20-11-14/h2-6,8,10-12,16-17,19H,7,9H2,1H3. The number of Topliss-reactive ketones (excluding diaryl/α,β-unsaturated/α-hetero) is 1. The Morgan fingerprint density at radius 2 is 2.05 bits per heavy atom. The van der Waals surface area contributed by atoms with Gasteiger partial charge in [0.15, 0.2) is 5.78 Å². The fourth-order valence-corrected chi connectivity index (χ4v) is 2.69. The number of thiophene rings is 1. The van der Waals surface area contributed by atoms with Crippen LogP contribution in [0.1, 0.15) is 35.4 Å². The lowest BCUT2D eigenvalue weighted by molar-refractivity contribution is 0.0972. The number of aliphatic hydroxyl groups excluding tert-OH is 1. The van der Waals surface area contributed by atoms with Crippen LogP contribution >= 0.6 is 11.3 Å². The molecule has 2 unspecified atom stereocenters. The Morgan fingerprint density at radius 3 is 2.70 bits per heavy atom. The Kier molecular flexibility index (Phi) is 5.47. The van der Waals surface area contributed by atoms with E-state index in [1.807, 2.05) is 54.1 Å². The van der Waals surface area contributed by atoms with Gasteiger partial charge in [0, 0.05) is 30.0 Å². The molecule has 106 valence electrons. The van der Waals surface area contributed by atoms with Crippen molar-refractivity contribution in [2.24, 2.45) is 0 Å². The van der Waals surface area contributed by atoms with E-state index >= 15 is 0 Å². The SMILES string of the molecule is CC(NCCC(=O)c1ccsc1)C(O)c1ccccc1. The summed E-state index contributed by atoms with van der Waals surface area (Å²) in [5, 5.41) is 17.2. The molecule has 3 nitrogen and oxygen atoms in total. The normalized spacial score (nSPS) is 13.9. The second kappa shape index (κ2) is 7.33. The molecule has 20 heavy (non-hydrogen) atoms. The number of aliphatic hydroxyl groups is 1. The molecular weight excluding hydrogens is 270 g/mol. The summed E-state index contributed by atoms with van der Waals surface area (Å²) in [6.07, 6.45) is -0.116. The third-order valence-corrected chi connectivity index (χ3v) is 3.96. The third-order valence-electron chi connectivity index (χ3n) is 3.28. The Bertz CT molecular complexity index is 525. The van der Waals surface area contributed by atoms with Crippen molar-refractivity contribution in [3.63, 3.8) is 0 Å². The maximum absolute atomic E-state index is 11.8. The average molecular weight is 289 g/mol. The molecule has 0 saturated carbocycles. The minimum absolute atomic E-state index is 0.0901. The largest absolute Gasteiger partial charge is 0.387 e. The van der Waals surface area contributed by atoms with Gasteiger partial charge in [0.1, 0.15) is 0 Å². The topological polar surface area (TPSA) is 49.3 Å². The molecule has 0 aliphatic heterocycles. The molecule has 0 radical (unpaired) electrons. The molecule has 0 aliphatic rings. The lowest BCUT2D eigenvalue weighted by atomic mass is 10.0. The van der Waals surface area contributed by atoms with Crippen molar-refractivity contribution < 1.29 is 9.90 Å². The number of benzene rings is 1. The van der Waals surface area contributed by atoms with Gasteiger partial charge in [-0.2, -0.15) is 11.3 Å². The number of hydrogen-bond donors (Lipinski definition) is 2. The van der Waals surface area contributed by atoms with Crippen LogP contribution in [0, 0.1) is 0 Å². The van der Waals surface area contributed by atoms with Gasteiger partial charge in [-0.05, 0) is 23.9 Å². The van der Waals surface area contributed by atoms with Crippen molar-refractivity contribution >= 4 is 17.1 Å². The molecule has 0 spiro atoms. The predicted octanol–water partition coefficient (Wildman–Crippen LogP) is 3.03. The van der Waals surface area contributed by atoms with Crippen LogP contribution in [0.25, 0.3) is 0 Å². The summed E-state index contributed by atoms with van der Waals surface area (Å²) in [5.74, 6) is 0.139. The zero-order chi connectivity index (χ0) is 14.4. The van der Waals surface area contributed by atoms with Crippen LogP contribution in [0.4, 0.5) is 0 Å². The number of hydrogen-bond acceptors (Lipinski definition) is 4. The van der Waals surface area contributed by atoms with Crippen molar-refractivity contribution in [2.75, 3.05) is 6.54 Å². The molecule has 0 bridgehead atoms. The minimum Gasteiger partial charge on any atom is -0.387 e. The lowest BCUT2D eigenvalue weighted by Crippen LogP contribution is -2.33. The first-order valence-corrected chi connectivity index (χ1v) is 7.64. The summed E-state index contributed by atoms with van der Waals surface area (Å²) in [5.41, 5.74) is 1.66. The van der Waals surface area contributed by atoms with Crippen molar-refractivity contribution in [1.29, 1.82) is 0 Å². The minimum atomic E-state index is -0.563. The van der Waals surface area contributed by atoms with E-state index in [0.717, 1.165) is 11.1 Å². The molecule has 2 N–H and O–H groups in total. The van der Waals surface area contributed by atoms with E-state index in [9.17, 15) is 9.90 Å². The molecule has 4 heteroatoms. The molecule has 0 amide bonds. The highest BCUT2D eigenvalue weighted by Gasteiger charge is 2.15. The zero-order valence-electron chi connectivity index (χ0n) is 11.5. The molecule has 1 aromatic carbocycles. The fourth-order valence-electron chi connectivity index (χ4n) is 2.03. The van der Waals surface area contributed by atoms with Crippen molar-refractivity contribution in [1.82, 2.24) is 5.32 Å². The highest BCUT2D eigenvalue weighted by Crippen LogP contribution is 2.16. The summed E-state index contributed by atoms with van der Waals surface area (Å²) >= 11 is 1.53. The Balaban J connectivity index is 1.78. The average Bonchev–Trinajstić information content (AvgIpc) is 3.01. The van der Waals surface area contributed by atoms with Gasteiger partial charge in [-0.25, -0.2) is 0 Å². The maximum Gasteiger partial charge on any atom is 0.164 e. The Hall–Kier alpha value is -1.49.